The molecule has 3 aromatic rings. The molecule has 0 atom stereocenters. The van der Waals surface area contributed by atoms with Crippen molar-refractivity contribution in [3.63, 3.8) is 0 Å². The Morgan fingerprint density at radius 1 is 1.17 bits per heavy atom. The van der Waals surface area contributed by atoms with Crippen LogP contribution in [0.1, 0.15) is 20.3 Å². The van der Waals surface area contributed by atoms with E-state index in [1.165, 1.54) is 11.8 Å². The topological polar surface area (TPSA) is 64.0 Å². The van der Waals surface area contributed by atoms with Crippen LogP contribution in [0.25, 0.3) is 10.9 Å². The summed E-state index contributed by atoms with van der Waals surface area (Å²) in [5.41, 5.74) is 0.990. The minimum atomic E-state index is -0.253. The van der Waals surface area contributed by atoms with Crippen LogP contribution in [0, 0.1) is 5.92 Å². The average molecular weight is 450 g/mol. The first-order valence-corrected chi connectivity index (χ1v) is 11.0. The first-order chi connectivity index (χ1) is 13.9. The van der Waals surface area contributed by atoms with Gasteiger partial charge >= 0.3 is 0 Å². The number of hydrogen-bond donors (Lipinski definition) is 1. The summed E-state index contributed by atoms with van der Waals surface area (Å²) >= 11 is 13.3. The molecule has 0 saturated heterocycles. The molecule has 0 saturated carbocycles. The third-order valence-electron chi connectivity index (χ3n) is 4.31. The number of nitrogens with zero attached hydrogens (tertiary/aromatic N) is 2. The lowest BCUT2D eigenvalue weighted by Gasteiger charge is -2.14. The zero-order valence-electron chi connectivity index (χ0n) is 16.1. The second kappa shape index (κ2) is 9.65. The molecule has 0 unspecified atom stereocenters. The molecule has 0 radical (unpaired) electrons. The molecule has 0 bridgehead atoms. The number of carbonyl (C=O) groups is 1. The molecule has 0 aliphatic rings. The minimum Gasteiger partial charge on any atom is -0.324 e. The Hall–Kier alpha value is -2.02. The summed E-state index contributed by atoms with van der Waals surface area (Å²) in [6, 6.07) is 12.3. The van der Waals surface area contributed by atoms with Crippen molar-refractivity contribution in [2.75, 3.05) is 11.1 Å². The lowest BCUT2D eigenvalue weighted by Crippen LogP contribution is -2.25. The summed E-state index contributed by atoms with van der Waals surface area (Å²) < 4.78 is 1.66. The average Bonchev–Trinajstić information content (AvgIpc) is 2.69. The number of carbonyl (C=O) groups excluding carboxylic acids is 1. The van der Waals surface area contributed by atoms with E-state index < -0.39 is 0 Å². The molecular weight excluding hydrogens is 429 g/mol. The molecule has 1 amide bonds. The Morgan fingerprint density at radius 3 is 2.69 bits per heavy atom. The molecule has 0 aliphatic heterocycles. The van der Waals surface area contributed by atoms with Crippen LogP contribution in [-0.2, 0) is 11.3 Å². The Balaban J connectivity index is 1.82. The first-order valence-electron chi connectivity index (χ1n) is 9.23. The number of benzene rings is 2. The van der Waals surface area contributed by atoms with Crippen molar-refractivity contribution in [3.05, 3.63) is 62.9 Å². The van der Waals surface area contributed by atoms with Gasteiger partial charge in [-0.15, -0.1) is 0 Å². The van der Waals surface area contributed by atoms with Crippen LogP contribution >= 0.6 is 35.0 Å². The number of amides is 1. The highest BCUT2D eigenvalue weighted by Crippen LogP contribution is 2.29. The second-order valence-corrected chi connectivity index (χ2v) is 8.72. The van der Waals surface area contributed by atoms with Crippen molar-refractivity contribution in [2.45, 2.75) is 32.0 Å². The lowest BCUT2D eigenvalue weighted by molar-refractivity contribution is -0.113. The Bertz CT molecular complexity index is 1100. The number of anilines is 1. The lowest BCUT2D eigenvalue weighted by atomic mass is 10.1. The summed E-state index contributed by atoms with van der Waals surface area (Å²) in [5, 5.41) is 4.53. The van der Waals surface area contributed by atoms with Crippen molar-refractivity contribution >= 4 is 57.5 Å². The van der Waals surface area contributed by atoms with Crippen LogP contribution in [0.4, 0.5) is 5.69 Å². The second-order valence-electron chi connectivity index (χ2n) is 6.99. The summed E-state index contributed by atoms with van der Waals surface area (Å²) in [6.45, 7) is 4.77. The van der Waals surface area contributed by atoms with Gasteiger partial charge < -0.3 is 5.32 Å². The Morgan fingerprint density at radius 2 is 1.93 bits per heavy atom. The highest BCUT2D eigenvalue weighted by Gasteiger charge is 2.14. The van der Waals surface area contributed by atoms with Gasteiger partial charge in [-0.1, -0.05) is 67.0 Å². The maximum atomic E-state index is 13.0. The molecule has 0 fully saturated rings. The summed E-state index contributed by atoms with van der Waals surface area (Å²) in [6.07, 6.45) is 0.845. The first kappa shape index (κ1) is 21.7. The van der Waals surface area contributed by atoms with E-state index in [4.69, 9.17) is 23.2 Å². The van der Waals surface area contributed by atoms with Crippen LogP contribution in [0.5, 0.6) is 0 Å². The highest BCUT2D eigenvalue weighted by atomic mass is 35.5. The number of halogens is 2. The largest absolute Gasteiger partial charge is 0.324 e. The van der Waals surface area contributed by atoms with Crippen molar-refractivity contribution in [1.82, 2.24) is 9.55 Å². The fraction of sp³-hybridized carbons (Fsp3) is 0.286. The van der Waals surface area contributed by atoms with Crippen LogP contribution in [-0.4, -0.2) is 21.2 Å². The van der Waals surface area contributed by atoms with E-state index in [1.54, 1.807) is 34.9 Å². The smallest absolute Gasteiger partial charge is 0.262 e. The van der Waals surface area contributed by atoms with E-state index >= 15 is 0 Å². The number of nitrogens with one attached hydrogen (secondary N) is 1. The van der Waals surface area contributed by atoms with Gasteiger partial charge in [-0.25, -0.2) is 4.98 Å². The van der Waals surface area contributed by atoms with Crippen molar-refractivity contribution in [1.29, 1.82) is 0 Å². The van der Waals surface area contributed by atoms with Gasteiger partial charge in [-0.2, -0.15) is 0 Å². The van der Waals surface area contributed by atoms with Gasteiger partial charge in [-0.3, -0.25) is 14.2 Å². The third kappa shape index (κ3) is 5.32. The van der Waals surface area contributed by atoms with Gasteiger partial charge in [0.15, 0.2) is 5.16 Å². The fourth-order valence-corrected chi connectivity index (χ4v) is 3.93. The number of rotatable bonds is 7. The normalized spacial score (nSPS) is 11.2. The van der Waals surface area contributed by atoms with E-state index in [-0.39, 0.29) is 17.2 Å². The molecule has 3 rings (SSSR count). The molecule has 152 valence electrons. The summed E-state index contributed by atoms with van der Waals surface area (Å²) in [5.74, 6) is 0.284. The molecule has 1 heterocycles. The minimum absolute atomic E-state index is 0.0861. The van der Waals surface area contributed by atoms with Crippen LogP contribution in [0.15, 0.2) is 52.4 Å². The predicted octanol–water partition coefficient (Wildman–Crippen LogP) is 5.48. The van der Waals surface area contributed by atoms with Gasteiger partial charge in [0.2, 0.25) is 5.91 Å². The molecule has 8 heteroatoms. The Labute approximate surface area is 183 Å². The molecule has 1 aromatic heterocycles. The molecular formula is C21H21Cl2N3O2S. The number of fused-ring (bicyclic) bond motifs is 1. The van der Waals surface area contributed by atoms with Crippen LogP contribution < -0.4 is 10.9 Å². The number of hydrogen-bond acceptors (Lipinski definition) is 4. The maximum absolute atomic E-state index is 13.0. The van der Waals surface area contributed by atoms with Crippen molar-refractivity contribution in [3.8, 4) is 0 Å². The van der Waals surface area contributed by atoms with Gasteiger partial charge in [-0.05, 0) is 36.6 Å². The van der Waals surface area contributed by atoms with Gasteiger partial charge in [0.1, 0.15) is 0 Å². The standard InChI is InChI=1S/C21H21Cl2N3O2S/c1-13(2)10-11-26-20(28)14-6-3-4-8-16(14)25-21(26)29-12-18(27)24-17-9-5-7-15(22)19(17)23/h3-9,13H,10-12H2,1-2H3,(H,24,27). The van der Waals surface area contributed by atoms with Crippen LogP contribution in [0.2, 0.25) is 10.0 Å². The van der Waals surface area contributed by atoms with Crippen molar-refractivity contribution in [2.24, 2.45) is 5.92 Å². The van der Waals surface area contributed by atoms with E-state index in [9.17, 15) is 9.59 Å². The molecule has 5 nitrogen and oxygen atoms in total. The number of para-hydroxylation sites is 1. The zero-order chi connectivity index (χ0) is 21.0. The van der Waals surface area contributed by atoms with Gasteiger partial charge in [0.05, 0.1) is 32.4 Å². The molecule has 29 heavy (non-hydrogen) atoms. The van der Waals surface area contributed by atoms with Crippen LogP contribution in [0.3, 0.4) is 0 Å². The van der Waals surface area contributed by atoms with Crippen molar-refractivity contribution < 1.29 is 4.79 Å². The Kier molecular flexibility index (Phi) is 7.22. The van der Waals surface area contributed by atoms with Gasteiger partial charge in [0.25, 0.3) is 5.56 Å². The zero-order valence-corrected chi connectivity index (χ0v) is 18.4. The van der Waals surface area contributed by atoms with E-state index in [1.807, 2.05) is 12.1 Å². The third-order valence-corrected chi connectivity index (χ3v) is 6.11. The number of aromatic nitrogens is 2. The molecule has 0 aliphatic carbocycles. The van der Waals surface area contributed by atoms with Gasteiger partial charge in [0, 0.05) is 6.54 Å². The monoisotopic (exact) mass is 449 g/mol. The number of thioether (sulfide) groups is 1. The predicted molar refractivity (Wildman–Crippen MR) is 121 cm³/mol. The SMILES string of the molecule is CC(C)CCn1c(SCC(=O)Nc2cccc(Cl)c2Cl)nc2ccccc2c1=O. The molecule has 1 N–H and O–H groups in total. The fourth-order valence-electron chi connectivity index (χ4n) is 2.76. The van der Waals surface area contributed by atoms with E-state index in [0.717, 1.165) is 6.42 Å². The summed E-state index contributed by atoms with van der Waals surface area (Å²) in [7, 11) is 0. The quantitative estimate of drug-likeness (QED) is 0.383. The molecule has 0 spiro atoms. The summed E-state index contributed by atoms with van der Waals surface area (Å²) in [4.78, 5) is 30.0. The highest BCUT2D eigenvalue weighted by molar-refractivity contribution is 7.99. The maximum Gasteiger partial charge on any atom is 0.262 e. The molecule has 2 aromatic carbocycles. The van der Waals surface area contributed by atoms with E-state index in [0.29, 0.717) is 44.3 Å². The van der Waals surface area contributed by atoms with E-state index in [2.05, 4.69) is 24.1 Å².